The highest BCUT2D eigenvalue weighted by molar-refractivity contribution is 5.86. The van der Waals surface area contributed by atoms with Crippen LogP contribution in [0.15, 0.2) is 6.07 Å². The van der Waals surface area contributed by atoms with E-state index >= 15 is 0 Å². The fourth-order valence-electron chi connectivity index (χ4n) is 4.22. The Bertz CT molecular complexity index is 628. The normalized spacial score (nSPS) is 27.1. The van der Waals surface area contributed by atoms with Crippen LogP contribution in [0.5, 0.6) is 0 Å². The van der Waals surface area contributed by atoms with E-state index in [1.54, 1.807) is 0 Å². The second-order valence-corrected chi connectivity index (χ2v) is 7.22. The second kappa shape index (κ2) is 6.22. The number of carbonyl (C=O) groups is 1. The Kier molecular flexibility index (Phi) is 4.06. The average Bonchev–Trinajstić information content (AvgIpc) is 3.29. The highest BCUT2D eigenvalue weighted by atomic mass is 16.2. The molecule has 1 aromatic heterocycles. The van der Waals surface area contributed by atoms with Crippen molar-refractivity contribution in [3.05, 3.63) is 11.8 Å². The molecule has 6 nitrogen and oxygen atoms in total. The quantitative estimate of drug-likeness (QED) is 0.847. The van der Waals surface area contributed by atoms with Crippen LogP contribution in [-0.2, 0) is 11.2 Å². The van der Waals surface area contributed by atoms with Gasteiger partial charge < -0.3 is 14.7 Å². The molecular weight excluding hydrogens is 302 g/mol. The van der Waals surface area contributed by atoms with Crippen molar-refractivity contribution in [2.75, 3.05) is 36.0 Å². The summed E-state index contributed by atoms with van der Waals surface area (Å²) in [5.74, 6) is 2.02. The van der Waals surface area contributed by atoms with E-state index in [-0.39, 0.29) is 11.9 Å². The third-order valence-corrected chi connectivity index (χ3v) is 5.69. The van der Waals surface area contributed by atoms with E-state index in [2.05, 4.69) is 27.7 Å². The van der Waals surface area contributed by atoms with Crippen molar-refractivity contribution in [2.24, 2.45) is 0 Å². The molecule has 0 spiro atoms. The van der Waals surface area contributed by atoms with E-state index in [0.717, 1.165) is 62.9 Å². The maximum atomic E-state index is 12.7. The zero-order valence-corrected chi connectivity index (χ0v) is 14.7. The molecule has 4 heterocycles. The van der Waals surface area contributed by atoms with Crippen molar-refractivity contribution < 1.29 is 4.79 Å². The lowest BCUT2D eigenvalue weighted by Crippen LogP contribution is -2.59. The number of nitrogens with zero attached hydrogens (tertiary/aromatic N) is 5. The number of carbonyl (C=O) groups excluding carboxylic acids is 1. The summed E-state index contributed by atoms with van der Waals surface area (Å²) in [5.41, 5.74) is 1.07. The first-order valence-corrected chi connectivity index (χ1v) is 9.37. The summed E-state index contributed by atoms with van der Waals surface area (Å²) >= 11 is 0. The Balaban J connectivity index is 1.67. The molecule has 3 aliphatic rings. The van der Waals surface area contributed by atoms with E-state index in [1.807, 2.05) is 6.92 Å². The lowest BCUT2D eigenvalue weighted by Gasteiger charge is -2.42. The van der Waals surface area contributed by atoms with Crippen LogP contribution in [0.4, 0.5) is 11.8 Å². The number of aryl methyl sites for hydroxylation is 1. The number of piperazine rings is 1. The number of rotatable bonds is 3. The third-order valence-electron chi connectivity index (χ3n) is 5.69. The number of anilines is 2. The van der Waals surface area contributed by atoms with E-state index in [1.165, 1.54) is 12.8 Å². The van der Waals surface area contributed by atoms with Crippen molar-refractivity contribution >= 4 is 17.7 Å². The SMILES string of the molecule is CCc1cc(N2C[C@H]3CCCN3C(=O)[C@H]2C)nc(N2CCCC2)n1. The van der Waals surface area contributed by atoms with E-state index < -0.39 is 0 Å². The molecule has 0 aliphatic carbocycles. The van der Waals surface area contributed by atoms with E-state index in [4.69, 9.17) is 9.97 Å². The fraction of sp³-hybridized carbons (Fsp3) is 0.722. The molecule has 3 saturated heterocycles. The summed E-state index contributed by atoms with van der Waals surface area (Å²) in [7, 11) is 0. The standard InChI is InChI=1S/C18H27N5O/c1-3-14-11-16(20-18(19-14)21-8-4-5-9-21)23-12-15-7-6-10-22(15)17(24)13(23)2/h11,13,15H,3-10,12H2,1-2H3/t13-,15-/m1/s1. The number of amides is 1. The van der Waals surface area contributed by atoms with Gasteiger partial charge in [0, 0.05) is 44.0 Å². The predicted molar refractivity (Wildman–Crippen MR) is 94.4 cm³/mol. The van der Waals surface area contributed by atoms with Gasteiger partial charge in [0.25, 0.3) is 0 Å². The molecule has 2 atom stereocenters. The van der Waals surface area contributed by atoms with Gasteiger partial charge in [0.2, 0.25) is 11.9 Å². The van der Waals surface area contributed by atoms with Gasteiger partial charge in [0.05, 0.1) is 0 Å². The Hall–Kier alpha value is -1.85. The number of hydrogen-bond donors (Lipinski definition) is 0. The molecule has 24 heavy (non-hydrogen) atoms. The van der Waals surface area contributed by atoms with Crippen molar-refractivity contribution in [1.29, 1.82) is 0 Å². The van der Waals surface area contributed by atoms with Crippen LogP contribution in [0.3, 0.4) is 0 Å². The van der Waals surface area contributed by atoms with E-state index in [0.29, 0.717) is 6.04 Å². The molecule has 0 radical (unpaired) electrons. The van der Waals surface area contributed by atoms with Gasteiger partial charge in [-0.2, -0.15) is 4.98 Å². The van der Waals surface area contributed by atoms with Gasteiger partial charge >= 0.3 is 0 Å². The molecule has 0 aromatic carbocycles. The van der Waals surface area contributed by atoms with Gasteiger partial charge in [-0.15, -0.1) is 0 Å². The van der Waals surface area contributed by atoms with Crippen molar-refractivity contribution in [3.63, 3.8) is 0 Å². The second-order valence-electron chi connectivity index (χ2n) is 7.22. The van der Waals surface area contributed by atoms with Gasteiger partial charge in [0.15, 0.2) is 0 Å². The van der Waals surface area contributed by atoms with Crippen molar-refractivity contribution in [2.45, 2.75) is 58.0 Å². The monoisotopic (exact) mass is 329 g/mol. The van der Waals surface area contributed by atoms with Gasteiger partial charge in [-0.05, 0) is 39.0 Å². The zero-order chi connectivity index (χ0) is 16.7. The van der Waals surface area contributed by atoms with Crippen LogP contribution in [0.1, 0.15) is 45.2 Å². The maximum absolute atomic E-state index is 12.7. The van der Waals surface area contributed by atoms with Gasteiger partial charge in [0.1, 0.15) is 11.9 Å². The minimum Gasteiger partial charge on any atom is -0.343 e. The van der Waals surface area contributed by atoms with Crippen molar-refractivity contribution in [1.82, 2.24) is 14.9 Å². The fourth-order valence-corrected chi connectivity index (χ4v) is 4.22. The maximum Gasteiger partial charge on any atom is 0.245 e. The number of aromatic nitrogens is 2. The molecule has 0 bridgehead atoms. The summed E-state index contributed by atoms with van der Waals surface area (Å²) in [6, 6.07) is 2.29. The van der Waals surface area contributed by atoms with Crippen LogP contribution < -0.4 is 9.80 Å². The Morgan fingerprint density at radius 3 is 2.67 bits per heavy atom. The molecular formula is C18H27N5O. The molecule has 3 aliphatic heterocycles. The molecule has 3 fully saturated rings. The van der Waals surface area contributed by atoms with Gasteiger partial charge in [-0.3, -0.25) is 4.79 Å². The summed E-state index contributed by atoms with van der Waals surface area (Å²) in [6.07, 6.45) is 5.55. The number of hydrogen-bond acceptors (Lipinski definition) is 5. The molecule has 1 aromatic rings. The van der Waals surface area contributed by atoms with Gasteiger partial charge in [-0.1, -0.05) is 6.92 Å². The van der Waals surface area contributed by atoms with Crippen LogP contribution in [0.25, 0.3) is 0 Å². The minimum absolute atomic E-state index is 0.134. The van der Waals surface area contributed by atoms with Crippen LogP contribution in [0, 0.1) is 0 Å². The summed E-state index contributed by atoms with van der Waals surface area (Å²) in [4.78, 5) is 28.9. The molecule has 4 rings (SSSR count). The molecule has 0 N–H and O–H groups in total. The highest BCUT2D eigenvalue weighted by Crippen LogP contribution is 2.30. The molecule has 0 unspecified atom stereocenters. The predicted octanol–water partition coefficient (Wildman–Crippen LogP) is 1.84. The van der Waals surface area contributed by atoms with Gasteiger partial charge in [-0.25, -0.2) is 4.98 Å². The Labute approximate surface area is 143 Å². The first-order chi connectivity index (χ1) is 11.7. The topological polar surface area (TPSA) is 52.6 Å². The molecule has 0 saturated carbocycles. The van der Waals surface area contributed by atoms with Crippen LogP contribution >= 0.6 is 0 Å². The first-order valence-electron chi connectivity index (χ1n) is 9.37. The Morgan fingerprint density at radius 1 is 1.12 bits per heavy atom. The number of fused-ring (bicyclic) bond motifs is 1. The lowest BCUT2D eigenvalue weighted by molar-refractivity contribution is -0.134. The average molecular weight is 329 g/mol. The minimum atomic E-state index is -0.134. The largest absolute Gasteiger partial charge is 0.343 e. The smallest absolute Gasteiger partial charge is 0.245 e. The lowest BCUT2D eigenvalue weighted by atomic mass is 10.1. The first kappa shape index (κ1) is 15.7. The van der Waals surface area contributed by atoms with Crippen LogP contribution in [-0.4, -0.2) is 59.0 Å². The van der Waals surface area contributed by atoms with Crippen molar-refractivity contribution in [3.8, 4) is 0 Å². The molecule has 1 amide bonds. The highest BCUT2D eigenvalue weighted by Gasteiger charge is 2.41. The summed E-state index contributed by atoms with van der Waals surface area (Å²) < 4.78 is 0. The molecule has 130 valence electrons. The summed E-state index contributed by atoms with van der Waals surface area (Å²) in [6.45, 7) is 8.04. The molecule has 6 heteroatoms. The summed E-state index contributed by atoms with van der Waals surface area (Å²) in [5, 5.41) is 0. The van der Waals surface area contributed by atoms with E-state index in [9.17, 15) is 4.79 Å². The third kappa shape index (κ3) is 2.62. The Morgan fingerprint density at radius 2 is 1.92 bits per heavy atom. The zero-order valence-electron chi connectivity index (χ0n) is 14.7. The van der Waals surface area contributed by atoms with Crippen LogP contribution in [0.2, 0.25) is 0 Å².